The van der Waals surface area contributed by atoms with Gasteiger partial charge in [0, 0.05) is 25.7 Å². The second kappa shape index (κ2) is 5.29. The molecule has 0 aromatic carbocycles. The minimum atomic E-state index is -0.909. The summed E-state index contributed by atoms with van der Waals surface area (Å²) in [7, 11) is 0. The molecule has 0 bridgehead atoms. The van der Waals surface area contributed by atoms with E-state index in [2.05, 4.69) is 4.98 Å². The highest BCUT2D eigenvalue weighted by atomic mass is 19.1. The highest BCUT2D eigenvalue weighted by molar-refractivity contribution is 5.66. The monoisotopic (exact) mass is 268 g/mol. The van der Waals surface area contributed by atoms with Crippen molar-refractivity contribution in [2.45, 2.75) is 19.4 Å². The number of nitrogens with zero attached hydrogens (tertiary/aromatic N) is 3. The summed E-state index contributed by atoms with van der Waals surface area (Å²) in [4.78, 5) is 18.2. The predicted molar refractivity (Wildman–Crippen MR) is 69.6 cm³/mol. The summed E-state index contributed by atoms with van der Waals surface area (Å²) in [5.41, 5.74) is 5.98. The van der Waals surface area contributed by atoms with Gasteiger partial charge < -0.3 is 20.6 Å². The van der Waals surface area contributed by atoms with Crippen molar-refractivity contribution in [1.82, 2.24) is 9.88 Å². The molecular weight excluding hydrogens is 251 g/mol. The van der Waals surface area contributed by atoms with Gasteiger partial charge in [-0.3, -0.25) is 0 Å². The number of carbonyl (C=O) groups is 1. The van der Waals surface area contributed by atoms with Crippen LogP contribution in [0.3, 0.4) is 0 Å². The average Bonchev–Trinajstić information content (AvgIpc) is 2.41. The van der Waals surface area contributed by atoms with Crippen LogP contribution in [0.25, 0.3) is 0 Å². The smallest absolute Gasteiger partial charge is 0.407 e. The van der Waals surface area contributed by atoms with Gasteiger partial charge >= 0.3 is 6.09 Å². The van der Waals surface area contributed by atoms with Gasteiger partial charge in [-0.05, 0) is 6.42 Å². The maximum Gasteiger partial charge on any atom is 0.407 e. The van der Waals surface area contributed by atoms with Gasteiger partial charge in [0.25, 0.3) is 0 Å². The van der Waals surface area contributed by atoms with Crippen LogP contribution in [0.1, 0.15) is 13.3 Å². The summed E-state index contributed by atoms with van der Waals surface area (Å²) in [6.45, 7) is 3.40. The van der Waals surface area contributed by atoms with Gasteiger partial charge in [-0.2, -0.15) is 0 Å². The number of anilines is 2. The van der Waals surface area contributed by atoms with Crippen LogP contribution in [0.5, 0.6) is 0 Å². The lowest BCUT2D eigenvalue weighted by Crippen LogP contribution is -2.54. The molecular formula is C12H17FN4O2. The minimum Gasteiger partial charge on any atom is -0.465 e. The standard InChI is InChI=1S/C12H17FN4O2/c1-2-8-7-16(3-4-17(8)12(18)19)9-5-10(13)11(14)15-6-9/h5-6,8H,2-4,7H2,1H3,(H2,14,15)(H,18,19)/t8-/m0/s1. The zero-order chi connectivity index (χ0) is 14.0. The first-order chi connectivity index (χ1) is 9.02. The number of rotatable bonds is 2. The quantitative estimate of drug-likeness (QED) is 0.846. The van der Waals surface area contributed by atoms with Crippen molar-refractivity contribution in [3.63, 3.8) is 0 Å². The van der Waals surface area contributed by atoms with Gasteiger partial charge in [-0.15, -0.1) is 0 Å². The van der Waals surface area contributed by atoms with Gasteiger partial charge in [0.2, 0.25) is 0 Å². The van der Waals surface area contributed by atoms with Crippen molar-refractivity contribution in [2.75, 3.05) is 30.3 Å². The number of pyridine rings is 1. The molecule has 3 N–H and O–H groups in total. The molecule has 7 heteroatoms. The first-order valence-electron chi connectivity index (χ1n) is 6.18. The molecule has 0 unspecified atom stereocenters. The number of aromatic nitrogens is 1. The SMILES string of the molecule is CC[C@H]1CN(c2cnc(N)c(F)c2)CCN1C(=O)O. The second-order valence-corrected chi connectivity index (χ2v) is 4.54. The number of carboxylic acid groups (broad SMARTS) is 1. The molecule has 0 spiro atoms. The maximum atomic E-state index is 13.4. The molecule has 1 amide bonds. The van der Waals surface area contributed by atoms with Crippen molar-refractivity contribution >= 4 is 17.6 Å². The largest absolute Gasteiger partial charge is 0.465 e. The number of amides is 1. The van der Waals surface area contributed by atoms with E-state index < -0.39 is 11.9 Å². The fourth-order valence-corrected chi connectivity index (χ4v) is 2.30. The van der Waals surface area contributed by atoms with Crippen LogP contribution in [-0.4, -0.2) is 46.8 Å². The van der Waals surface area contributed by atoms with Crippen molar-refractivity contribution in [3.8, 4) is 0 Å². The van der Waals surface area contributed by atoms with Gasteiger partial charge in [0.05, 0.1) is 17.9 Å². The lowest BCUT2D eigenvalue weighted by molar-refractivity contribution is 0.116. The van der Waals surface area contributed by atoms with E-state index in [1.807, 2.05) is 11.8 Å². The highest BCUT2D eigenvalue weighted by Crippen LogP contribution is 2.22. The number of nitrogen functional groups attached to an aromatic ring is 1. The van der Waals surface area contributed by atoms with Gasteiger partial charge in [-0.1, -0.05) is 6.92 Å². The highest BCUT2D eigenvalue weighted by Gasteiger charge is 2.29. The van der Waals surface area contributed by atoms with E-state index in [1.54, 1.807) is 0 Å². The Balaban J connectivity index is 2.15. The lowest BCUT2D eigenvalue weighted by atomic mass is 10.1. The average molecular weight is 268 g/mol. The van der Waals surface area contributed by atoms with E-state index in [0.717, 1.165) is 0 Å². The van der Waals surface area contributed by atoms with Gasteiger partial charge in [0.15, 0.2) is 11.6 Å². The third-order valence-electron chi connectivity index (χ3n) is 3.42. The molecule has 104 valence electrons. The Morgan fingerprint density at radius 2 is 2.37 bits per heavy atom. The molecule has 1 saturated heterocycles. The third kappa shape index (κ3) is 2.69. The molecule has 2 rings (SSSR count). The van der Waals surface area contributed by atoms with Crippen LogP contribution in [0.4, 0.5) is 20.7 Å². The van der Waals surface area contributed by atoms with Crippen LogP contribution in [0, 0.1) is 5.82 Å². The molecule has 1 aliphatic heterocycles. The fourth-order valence-electron chi connectivity index (χ4n) is 2.30. The Morgan fingerprint density at radius 1 is 1.63 bits per heavy atom. The molecule has 0 radical (unpaired) electrons. The molecule has 19 heavy (non-hydrogen) atoms. The third-order valence-corrected chi connectivity index (χ3v) is 3.42. The van der Waals surface area contributed by atoms with E-state index in [-0.39, 0.29) is 11.9 Å². The Hall–Kier alpha value is -2.05. The lowest BCUT2D eigenvalue weighted by Gasteiger charge is -2.40. The van der Waals surface area contributed by atoms with Crippen LogP contribution in [0.15, 0.2) is 12.3 Å². The zero-order valence-corrected chi connectivity index (χ0v) is 10.7. The molecule has 1 aromatic heterocycles. The number of halogens is 1. The number of piperazine rings is 1. The van der Waals surface area contributed by atoms with E-state index in [1.165, 1.54) is 17.2 Å². The summed E-state index contributed by atoms with van der Waals surface area (Å²) < 4.78 is 13.4. The van der Waals surface area contributed by atoms with Crippen LogP contribution in [0.2, 0.25) is 0 Å². The number of hydrogen-bond acceptors (Lipinski definition) is 4. The maximum absolute atomic E-state index is 13.4. The predicted octanol–water partition coefficient (Wildman–Crippen LogP) is 1.38. The molecule has 0 aliphatic carbocycles. The second-order valence-electron chi connectivity index (χ2n) is 4.54. The van der Waals surface area contributed by atoms with Crippen LogP contribution < -0.4 is 10.6 Å². The Bertz CT molecular complexity index is 483. The topological polar surface area (TPSA) is 82.7 Å². The van der Waals surface area contributed by atoms with Crippen LogP contribution >= 0.6 is 0 Å². The molecule has 2 heterocycles. The summed E-state index contributed by atoms with van der Waals surface area (Å²) in [6.07, 6.45) is 1.32. The Morgan fingerprint density at radius 3 is 2.95 bits per heavy atom. The molecule has 6 nitrogen and oxygen atoms in total. The first-order valence-corrected chi connectivity index (χ1v) is 6.18. The van der Waals surface area contributed by atoms with E-state index in [9.17, 15) is 9.18 Å². The van der Waals surface area contributed by atoms with Crippen molar-refractivity contribution < 1.29 is 14.3 Å². The fraction of sp³-hybridized carbons (Fsp3) is 0.500. The van der Waals surface area contributed by atoms with E-state index in [4.69, 9.17) is 10.8 Å². The van der Waals surface area contributed by atoms with E-state index >= 15 is 0 Å². The van der Waals surface area contributed by atoms with Crippen molar-refractivity contribution in [1.29, 1.82) is 0 Å². The Kier molecular flexibility index (Phi) is 3.73. The molecule has 1 atom stereocenters. The number of hydrogen-bond donors (Lipinski definition) is 2. The molecule has 1 aromatic rings. The summed E-state index contributed by atoms with van der Waals surface area (Å²) in [5.74, 6) is -0.675. The van der Waals surface area contributed by atoms with Crippen LogP contribution in [-0.2, 0) is 0 Å². The zero-order valence-electron chi connectivity index (χ0n) is 10.7. The van der Waals surface area contributed by atoms with Gasteiger partial charge in [-0.25, -0.2) is 14.2 Å². The normalized spacial score (nSPS) is 19.6. The van der Waals surface area contributed by atoms with Gasteiger partial charge in [0.1, 0.15) is 0 Å². The summed E-state index contributed by atoms with van der Waals surface area (Å²) >= 11 is 0. The molecule has 1 fully saturated rings. The minimum absolute atomic E-state index is 0.0909. The summed E-state index contributed by atoms with van der Waals surface area (Å²) in [6, 6.07) is 1.25. The molecule has 0 saturated carbocycles. The first kappa shape index (κ1) is 13.4. The molecule has 1 aliphatic rings. The van der Waals surface area contributed by atoms with Crippen molar-refractivity contribution in [2.24, 2.45) is 0 Å². The number of nitrogens with two attached hydrogens (primary N) is 1. The summed E-state index contributed by atoms with van der Waals surface area (Å²) in [5, 5.41) is 9.10. The Labute approximate surface area is 110 Å². The van der Waals surface area contributed by atoms with Crippen molar-refractivity contribution in [3.05, 3.63) is 18.1 Å². The van der Waals surface area contributed by atoms with E-state index in [0.29, 0.717) is 31.7 Å².